The number of nitro groups is 1. The second-order valence-electron chi connectivity index (χ2n) is 5.39. The summed E-state index contributed by atoms with van der Waals surface area (Å²) in [5.41, 5.74) is 0.469. The number of amides is 1. The molecule has 0 bridgehead atoms. The van der Waals surface area contributed by atoms with Gasteiger partial charge in [-0.05, 0) is 29.5 Å². The van der Waals surface area contributed by atoms with Gasteiger partial charge in [0, 0.05) is 23.6 Å². The van der Waals surface area contributed by atoms with Gasteiger partial charge in [0.1, 0.15) is 0 Å². The number of benzene rings is 1. The van der Waals surface area contributed by atoms with Crippen molar-refractivity contribution in [3.05, 3.63) is 60.8 Å². The van der Waals surface area contributed by atoms with E-state index < -0.39 is 22.8 Å². The number of fused-ring (bicyclic) bond motifs is 1. The molecule has 0 radical (unpaired) electrons. The third-order valence-corrected chi connectivity index (χ3v) is 5.37. The van der Waals surface area contributed by atoms with E-state index in [1.54, 1.807) is 6.07 Å². The molecule has 1 unspecified atom stereocenters. The van der Waals surface area contributed by atoms with Crippen LogP contribution >= 0.6 is 22.9 Å². The van der Waals surface area contributed by atoms with Gasteiger partial charge in [0.05, 0.1) is 22.6 Å². The molecule has 0 spiro atoms. The average Bonchev–Trinajstić information content (AvgIpc) is 3.08. The molecule has 1 aliphatic rings. The maximum absolute atomic E-state index is 13.0. The van der Waals surface area contributed by atoms with Crippen molar-refractivity contribution in [1.82, 2.24) is 4.90 Å². The van der Waals surface area contributed by atoms with E-state index in [9.17, 15) is 19.7 Å². The van der Waals surface area contributed by atoms with Crippen LogP contribution in [0.5, 0.6) is 0 Å². The number of hydrogen-bond donors (Lipinski definition) is 0. The summed E-state index contributed by atoms with van der Waals surface area (Å²) >= 11 is 7.59. The summed E-state index contributed by atoms with van der Waals surface area (Å²) in [4.78, 5) is 38.0. The van der Waals surface area contributed by atoms with E-state index in [2.05, 4.69) is 0 Å². The molecule has 9 heteroatoms. The number of halogens is 1. The van der Waals surface area contributed by atoms with Crippen LogP contribution in [0.25, 0.3) is 0 Å². The highest BCUT2D eigenvalue weighted by Crippen LogP contribution is 2.36. The van der Waals surface area contributed by atoms with Gasteiger partial charge >= 0.3 is 5.97 Å². The summed E-state index contributed by atoms with van der Waals surface area (Å²) < 4.78 is 4.86. The predicted molar refractivity (Wildman–Crippen MR) is 91.9 cm³/mol. The number of hydrogen-bond acceptors (Lipinski definition) is 6. The van der Waals surface area contributed by atoms with Crippen molar-refractivity contribution in [3.63, 3.8) is 0 Å². The van der Waals surface area contributed by atoms with Crippen LogP contribution in [-0.2, 0) is 16.0 Å². The SMILES string of the molecule is COC(=O)C1c2ccsc2CCN1C(=O)c1cc([N+](=O)[O-])ccc1Cl. The third-order valence-electron chi connectivity index (χ3n) is 4.04. The van der Waals surface area contributed by atoms with Crippen molar-refractivity contribution in [2.24, 2.45) is 0 Å². The van der Waals surface area contributed by atoms with E-state index in [4.69, 9.17) is 16.3 Å². The second-order valence-corrected chi connectivity index (χ2v) is 6.80. The van der Waals surface area contributed by atoms with E-state index >= 15 is 0 Å². The lowest BCUT2D eigenvalue weighted by Gasteiger charge is -2.34. The van der Waals surface area contributed by atoms with Gasteiger partial charge in [-0.1, -0.05) is 11.6 Å². The summed E-state index contributed by atoms with van der Waals surface area (Å²) in [7, 11) is 1.26. The van der Waals surface area contributed by atoms with Crippen LogP contribution in [0.3, 0.4) is 0 Å². The van der Waals surface area contributed by atoms with E-state index in [0.717, 1.165) is 16.5 Å². The predicted octanol–water partition coefficient (Wildman–Crippen LogP) is 3.22. The second kappa shape index (κ2) is 6.81. The summed E-state index contributed by atoms with van der Waals surface area (Å²) in [5.74, 6) is -1.10. The number of carbonyl (C=O) groups excluding carboxylic acids is 2. The molecule has 1 atom stereocenters. The average molecular weight is 381 g/mol. The van der Waals surface area contributed by atoms with Gasteiger partial charge in [0.2, 0.25) is 0 Å². The lowest BCUT2D eigenvalue weighted by molar-refractivity contribution is -0.384. The summed E-state index contributed by atoms with van der Waals surface area (Å²) in [6.45, 7) is 0.297. The fraction of sp³-hybridized carbons (Fsp3) is 0.250. The lowest BCUT2D eigenvalue weighted by Crippen LogP contribution is -2.43. The fourth-order valence-corrected chi connectivity index (χ4v) is 3.95. The Kier molecular flexibility index (Phi) is 4.73. The standard InChI is InChI=1S/C16H13ClN2O5S/c1-24-16(21)14-10-5-7-25-13(10)4-6-18(14)15(20)11-8-9(19(22)23)2-3-12(11)17/h2-3,5,7-8,14H,4,6H2,1H3. The van der Waals surface area contributed by atoms with Crippen LogP contribution < -0.4 is 0 Å². The molecule has 2 aromatic rings. The quantitative estimate of drug-likeness (QED) is 0.463. The van der Waals surface area contributed by atoms with Crippen molar-refractivity contribution < 1.29 is 19.2 Å². The highest BCUT2D eigenvalue weighted by atomic mass is 35.5. The first-order valence-corrected chi connectivity index (χ1v) is 8.58. The summed E-state index contributed by atoms with van der Waals surface area (Å²) in [6.07, 6.45) is 0.596. The molecule has 0 fully saturated rings. The number of thiophene rings is 1. The zero-order valence-electron chi connectivity index (χ0n) is 13.1. The maximum Gasteiger partial charge on any atom is 0.333 e. The van der Waals surface area contributed by atoms with Crippen LogP contribution in [0.15, 0.2) is 29.6 Å². The normalized spacial score (nSPS) is 16.2. The smallest absolute Gasteiger partial charge is 0.333 e. The Labute approximate surface area is 151 Å². The molecule has 2 heterocycles. The molecule has 1 aromatic heterocycles. The molecule has 1 amide bonds. The van der Waals surface area contributed by atoms with Crippen LogP contribution in [0, 0.1) is 10.1 Å². The molecule has 0 aliphatic carbocycles. The number of methoxy groups -OCH3 is 1. The van der Waals surface area contributed by atoms with Gasteiger partial charge in [-0.15, -0.1) is 11.3 Å². The van der Waals surface area contributed by atoms with Crippen molar-refractivity contribution in [2.75, 3.05) is 13.7 Å². The zero-order valence-corrected chi connectivity index (χ0v) is 14.7. The monoisotopic (exact) mass is 380 g/mol. The molecule has 0 N–H and O–H groups in total. The van der Waals surface area contributed by atoms with Gasteiger partial charge in [0.25, 0.3) is 11.6 Å². The number of nitrogens with zero attached hydrogens (tertiary/aromatic N) is 2. The molecule has 130 valence electrons. The van der Waals surface area contributed by atoms with Gasteiger partial charge in [-0.3, -0.25) is 14.9 Å². The Balaban J connectivity index is 2.03. The van der Waals surface area contributed by atoms with E-state index in [-0.39, 0.29) is 16.3 Å². The summed E-state index contributed by atoms with van der Waals surface area (Å²) in [5, 5.41) is 12.9. The number of esters is 1. The van der Waals surface area contributed by atoms with Gasteiger partial charge in [0.15, 0.2) is 6.04 Å². The molecular weight excluding hydrogens is 368 g/mol. The Morgan fingerprint density at radius 2 is 2.16 bits per heavy atom. The van der Waals surface area contributed by atoms with Gasteiger partial charge < -0.3 is 9.64 Å². The van der Waals surface area contributed by atoms with Crippen molar-refractivity contribution >= 4 is 40.5 Å². The number of carbonyl (C=O) groups is 2. The Morgan fingerprint density at radius 1 is 1.40 bits per heavy atom. The molecular formula is C16H13ClN2O5S. The van der Waals surface area contributed by atoms with Crippen molar-refractivity contribution in [2.45, 2.75) is 12.5 Å². The number of non-ortho nitro benzene ring substituents is 1. The molecule has 3 rings (SSSR count). The topological polar surface area (TPSA) is 89.8 Å². The van der Waals surface area contributed by atoms with E-state index in [0.29, 0.717) is 13.0 Å². The fourth-order valence-electron chi connectivity index (χ4n) is 2.85. The highest BCUT2D eigenvalue weighted by Gasteiger charge is 2.38. The first-order valence-electron chi connectivity index (χ1n) is 7.33. The van der Waals surface area contributed by atoms with Crippen LogP contribution in [0.2, 0.25) is 5.02 Å². The Bertz CT molecular complexity index is 866. The number of nitro benzene ring substituents is 1. The van der Waals surface area contributed by atoms with Gasteiger partial charge in [-0.2, -0.15) is 0 Å². The van der Waals surface area contributed by atoms with Crippen molar-refractivity contribution in [3.8, 4) is 0 Å². The molecule has 1 aliphatic heterocycles. The Hall–Kier alpha value is -2.45. The van der Waals surface area contributed by atoms with Crippen LogP contribution in [-0.4, -0.2) is 35.4 Å². The highest BCUT2D eigenvalue weighted by molar-refractivity contribution is 7.10. The molecule has 25 heavy (non-hydrogen) atoms. The van der Waals surface area contributed by atoms with Gasteiger partial charge in [-0.25, -0.2) is 4.79 Å². The molecule has 0 saturated heterocycles. The summed E-state index contributed by atoms with van der Waals surface area (Å²) in [6, 6.07) is 4.56. The van der Waals surface area contributed by atoms with E-state index in [1.807, 2.05) is 5.38 Å². The zero-order chi connectivity index (χ0) is 18.1. The number of rotatable bonds is 3. The maximum atomic E-state index is 13.0. The minimum absolute atomic E-state index is 0.0107. The Morgan fingerprint density at radius 3 is 2.84 bits per heavy atom. The largest absolute Gasteiger partial charge is 0.467 e. The minimum atomic E-state index is -0.886. The lowest BCUT2D eigenvalue weighted by atomic mass is 9.98. The van der Waals surface area contributed by atoms with Crippen LogP contribution in [0.4, 0.5) is 5.69 Å². The van der Waals surface area contributed by atoms with E-state index in [1.165, 1.54) is 35.5 Å². The molecule has 0 saturated carbocycles. The first kappa shape index (κ1) is 17.4. The van der Waals surface area contributed by atoms with Crippen LogP contribution in [0.1, 0.15) is 26.8 Å². The molecule has 1 aromatic carbocycles. The van der Waals surface area contributed by atoms with Crippen molar-refractivity contribution in [1.29, 1.82) is 0 Å². The molecule has 7 nitrogen and oxygen atoms in total. The first-order chi connectivity index (χ1) is 11.9. The minimum Gasteiger partial charge on any atom is -0.467 e. The third kappa shape index (κ3) is 3.10. The number of ether oxygens (including phenoxy) is 1.